The molecule has 26 heavy (non-hydrogen) atoms. The number of benzene rings is 1. The number of aromatic nitrogens is 3. The minimum atomic E-state index is -0.422. The zero-order chi connectivity index (χ0) is 18.7. The smallest absolute Gasteiger partial charge is 0.325 e. The van der Waals surface area contributed by atoms with E-state index in [1.54, 1.807) is 37.6 Å². The number of hydrogen-bond acceptors (Lipinski definition) is 5. The lowest BCUT2D eigenvalue weighted by Crippen LogP contribution is -2.25. The van der Waals surface area contributed by atoms with Crippen molar-refractivity contribution in [2.75, 3.05) is 19.4 Å². The normalized spacial score (nSPS) is 10.4. The summed E-state index contributed by atoms with van der Waals surface area (Å²) in [5, 5.41) is 8.35. The molecule has 0 fully saturated rings. The molecule has 0 unspecified atom stereocenters. The molecule has 0 aliphatic heterocycles. The van der Waals surface area contributed by atoms with E-state index in [1.807, 2.05) is 28.7 Å². The first-order valence-electron chi connectivity index (χ1n) is 7.54. The summed E-state index contributed by atoms with van der Waals surface area (Å²) in [6, 6.07) is 6.52. The first-order chi connectivity index (χ1) is 12.5. The Morgan fingerprint density at radius 3 is 2.73 bits per heavy atom. The van der Waals surface area contributed by atoms with Crippen molar-refractivity contribution in [2.24, 2.45) is 0 Å². The van der Waals surface area contributed by atoms with Crippen molar-refractivity contribution in [3.63, 3.8) is 0 Å². The molecule has 0 aliphatic rings. The van der Waals surface area contributed by atoms with E-state index in [9.17, 15) is 9.59 Å². The van der Waals surface area contributed by atoms with Crippen LogP contribution in [0.5, 0.6) is 11.6 Å². The van der Waals surface area contributed by atoms with E-state index < -0.39 is 6.03 Å². The first-order valence-corrected chi connectivity index (χ1v) is 8.62. The number of nitrogens with zero attached hydrogens (tertiary/aromatic N) is 3. The number of ether oxygens (including phenoxy) is 1. The number of halogens is 1. The van der Waals surface area contributed by atoms with Gasteiger partial charge in [0.25, 0.3) is 0 Å². The van der Waals surface area contributed by atoms with Crippen LogP contribution < -0.4 is 20.7 Å². The lowest BCUT2D eigenvalue weighted by Gasteiger charge is -2.09. The Kier molecular flexibility index (Phi) is 5.21. The Bertz CT molecular complexity index is 987. The third kappa shape index (κ3) is 3.69. The van der Waals surface area contributed by atoms with E-state index in [2.05, 4.69) is 25.9 Å². The van der Waals surface area contributed by atoms with Gasteiger partial charge in [0.2, 0.25) is 11.8 Å². The molecule has 2 aromatic heterocycles. The molecule has 0 aliphatic carbocycles. The molecule has 3 N–H and O–H groups in total. The number of carbonyl (C=O) groups excluding carboxylic acids is 2. The number of anilines is 1. The van der Waals surface area contributed by atoms with Crippen LogP contribution in [0.3, 0.4) is 0 Å². The lowest BCUT2D eigenvalue weighted by atomic mass is 10.2. The molecule has 3 amide bonds. The van der Waals surface area contributed by atoms with Crippen LogP contribution >= 0.6 is 22.6 Å². The molecule has 134 valence electrons. The van der Waals surface area contributed by atoms with Crippen LogP contribution in [0.2, 0.25) is 0 Å². The maximum absolute atomic E-state index is 11.8. The van der Waals surface area contributed by atoms with E-state index in [4.69, 9.17) is 4.74 Å². The van der Waals surface area contributed by atoms with E-state index in [0.717, 1.165) is 10.9 Å². The Labute approximate surface area is 162 Å². The summed E-state index contributed by atoms with van der Waals surface area (Å²) < 4.78 is 8.03. The summed E-state index contributed by atoms with van der Waals surface area (Å²) >= 11 is 2.05. The predicted octanol–water partition coefficient (Wildman–Crippen LogP) is 2.77. The van der Waals surface area contributed by atoms with Gasteiger partial charge in [-0.1, -0.05) is 0 Å². The van der Waals surface area contributed by atoms with E-state index in [-0.39, 0.29) is 12.0 Å². The van der Waals surface area contributed by atoms with Crippen LogP contribution in [-0.4, -0.2) is 40.7 Å². The van der Waals surface area contributed by atoms with Gasteiger partial charge in [-0.25, -0.2) is 14.6 Å². The van der Waals surface area contributed by atoms with Crippen LogP contribution in [-0.2, 0) is 0 Å². The van der Waals surface area contributed by atoms with Crippen LogP contribution in [0, 0.1) is 3.57 Å². The summed E-state index contributed by atoms with van der Waals surface area (Å²) in [7, 11) is 3.08. The highest BCUT2D eigenvalue weighted by Gasteiger charge is 2.12. The number of nitrogens with one attached hydrogen (secondary N) is 3. The maximum atomic E-state index is 11.8. The molecular formula is C16H15IN6O3. The van der Waals surface area contributed by atoms with Crippen molar-refractivity contribution in [1.29, 1.82) is 0 Å². The Hall–Kier alpha value is -2.89. The molecule has 2 heterocycles. The van der Waals surface area contributed by atoms with Crippen LogP contribution in [0.15, 0.2) is 36.7 Å². The standard InChI is InChI=1S/C16H15IN6O3/c1-18-15(24)22-14-20-8-11(17)13(21-14)26-10-3-4-12-9(7-10)5-6-23(12)16(25)19-2/h3-8H,1-2H3,(H,19,25)(H2,18,20,21,22,24). The van der Waals surface area contributed by atoms with Crippen LogP contribution in [0.1, 0.15) is 0 Å². The molecule has 0 atom stereocenters. The van der Waals surface area contributed by atoms with Gasteiger partial charge in [0.1, 0.15) is 5.75 Å². The highest BCUT2D eigenvalue weighted by atomic mass is 127. The van der Waals surface area contributed by atoms with Crippen molar-refractivity contribution in [3.8, 4) is 11.6 Å². The Balaban J connectivity index is 1.88. The fraction of sp³-hybridized carbons (Fsp3) is 0.125. The molecular weight excluding hydrogens is 451 g/mol. The third-order valence-corrected chi connectivity index (χ3v) is 4.21. The van der Waals surface area contributed by atoms with Gasteiger partial charge in [0.15, 0.2) is 0 Å². The first kappa shape index (κ1) is 17.9. The molecule has 0 bridgehead atoms. The van der Waals surface area contributed by atoms with Gasteiger partial charge < -0.3 is 15.4 Å². The van der Waals surface area contributed by atoms with Crippen molar-refractivity contribution in [3.05, 3.63) is 40.2 Å². The molecule has 10 heteroatoms. The van der Waals surface area contributed by atoms with Crippen LogP contribution in [0.4, 0.5) is 15.5 Å². The van der Waals surface area contributed by atoms with Gasteiger partial charge in [-0.2, -0.15) is 4.98 Å². The summed E-state index contributed by atoms with van der Waals surface area (Å²) in [4.78, 5) is 31.4. The molecule has 0 saturated heterocycles. The molecule has 3 aromatic rings. The minimum absolute atomic E-state index is 0.131. The van der Waals surface area contributed by atoms with E-state index in [1.165, 1.54) is 11.6 Å². The Morgan fingerprint density at radius 2 is 2.00 bits per heavy atom. The average molecular weight is 466 g/mol. The Morgan fingerprint density at radius 1 is 1.19 bits per heavy atom. The molecule has 0 radical (unpaired) electrons. The van der Waals surface area contributed by atoms with E-state index >= 15 is 0 Å². The van der Waals surface area contributed by atoms with Gasteiger partial charge >= 0.3 is 12.1 Å². The quantitative estimate of drug-likeness (QED) is 0.515. The zero-order valence-electron chi connectivity index (χ0n) is 13.9. The van der Waals surface area contributed by atoms with Gasteiger partial charge in [0.05, 0.1) is 9.09 Å². The highest BCUT2D eigenvalue weighted by Crippen LogP contribution is 2.28. The molecule has 0 saturated carbocycles. The molecule has 3 rings (SSSR count). The van der Waals surface area contributed by atoms with Gasteiger partial charge in [0, 0.05) is 31.9 Å². The highest BCUT2D eigenvalue weighted by molar-refractivity contribution is 14.1. The topological polar surface area (TPSA) is 110 Å². The second-order valence-electron chi connectivity index (χ2n) is 5.11. The number of hydrogen-bond donors (Lipinski definition) is 3. The SMILES string of the molecule is CNC(=O)Nc1ncc(I)c(Oc2ccc3c(ccn3C(=O)NC)c2)n1. The fourth-order valence-corrected chi connectivity index (χ4v) is 2.61. The maximum Gasteiger partial charge on any atom is 0.325 e. The minimum Gasteiger partial charge on any atom is -0.438 e. The third-order valence-electron chi connectivity index (χ3n) is 3.47. The number of amides is 3. The zero-order valence-corrected chi connectivity index (χ0v) is 16.1. The second kappa shape index (κ2) is 7.56. The summed E-state index contributed by atoms with van der Waals surface area (Å²) in [6.07, 6.45) is 3.24. The average Bonchev–Trinajstić information content (AvgIpc) is 3.07. The number of rotatable bonds is 3. The van der Waals surface area contributed by atoms with Crippen molar-refractivity contribution >= 4 is 51.5 Å². The van der Waals surface area contributed by atoms with Gasteiger partial charge in [-0.05, 0) is 46.9 Å². The predicted molar refractivity (Wildman–Crippen MR) is 105 cm³/mol. The second-order valence-corrected chi connectivity index (χ2v) is 6.28. The van der Waals surface area contributed by atoms with E-state index in [0.29, 0.717) is 15.2 Å². The molecule has 1 aromatic carbocycles. The number of urea groups is 1. The monoisotopic (exact) mass is 466 g/mol. The largest absolute Gasteiger partial charge is 0.438 e. The molecule has 0 spiro atoms. The lowest BCUT2D eigenvalue weighted by molar-refractivity contribution is 0.245. The van der Waals surface area contributed by atoms with Crippen LogP contribution in [0.25, 0.3) is 10.9 Å². The van der Waals surface area contributed by atoms with Crippen molar-refractivity contribution in [1.82, 2.24) is 25.2 Å². The number of carbonyl (C=O) groups is 2. The van der Waals surface area contributed by atoms with Gasteiger partial charge in [-0.15, -0.1) is 0 Å². The number of fused-ring (bicyclic) bond motifs is 1. The molecule has 9 nitrogen and oxygen atoms in total. The van der Waals surface area contributed by atoms with Crippen molar-refractivity contribution < 1.29 is 14.3 Å². The summed E-state index contributed by atoms with van der Waals surface area (Å²) in [5.41, 5.74) is 0.760. The van der Waals surface area contributed by atoms with Crippen molar-refractivity contribution in [2.45, 2.75) is 0 Å². The summed E-state index contributed by atoms with van der Waals surface area (Å²) in [5.74, 6) is 0.998. The van der Waals surface area contributed by atoms with Gasteiger partial charge in [-0.3, -0.25) is 9.88 Å². The fourth-order valence-electron chi connectivity index (χ4n) is 2.24. The summed E-state index contributed by atoms with van der Waals surface area (Å²) in [6.45, 7) is 0.